The largest absolute Gasteiger partial charge is 0.481 e. The van der Waals surface area contributed by atoms with E-state index < -0.39 is 66.4 Å². The van der Waals surface area contributed by atoms with Crippen LogP contribution in [0, 0.1) is 11.8 Å². The lowest BCUT2D eigenvalue weighted by Crippen LogP contribution is -2.58. The number of carboxylic acid groups (broad SMARTS) is 2. The van der Waals surface area contributed by atoms with Gasteiger partial charge in [0.15, 0.2) is 6.04 Å². The van der Waals surface area contributed by atoms with E-state index in [1.165, 1.54) is 6.92 Å². The van der Waals surface area contributed by atoms with Crippen LogP contribution in [-0.4, -0.2) is 75.3 Å². The Kier molecular flexibility index (Phi) is 13.2. The minimum Gasteiger partial charge on any atom is -0.481 e. The van der Waals surface area contributed by atoms with E-state index in [2.05, 4.69) is 16.0 Å². The number of rotatable bonds is 15. The predicted molar refractivity (Wildman–Crippen MR) is 119 cm³/mol. The lowest BCUT2D eigenvalue weighted by atomic mass is 9.98. The summed E-state index contributed by atoms with van der Waals surface area (Å²) in [6, 6.07) is -4.93. The summed E-state index contributed by atoms with van der Waals surface area (Å²) in [5, 5.41) is 34.9. The van der Waals surface area contributed by atoms with Gasteiger partial charge in [0, 0.05) is 6.42 Å². The molecule has 6 atom stereocenters. The van der Waals surface area contributed by atoms with Crippen LogP contribution in [0.4, 0.5) is 0 Å². The fourth-order valence-corrected chi connectivity index (χ4v) is 2.93. The predicted octanol–water partition coefficient (Wildman–Crippen LogP) is -0.809. The highest BCUT2D eigenvalue weighted by atomic mass is 16.4. The van der Waals surface area contributed by atoms with Gasteiger partial charge in [-0.1, -0.05) is 34.1 Å². The van der Waals surface area contributed by atoms with Gasteiger partial charge < -0.3 is 37.0 Å². The molecule has 0 aliphatic carbocycles. The van der Waals surface area contributed by atoms with Crippen molar-refractivity contribution in [1.29, 1.82) is 0 Å². The number of amides is 3. The van der Waals surface area contributed by atoms with E-state index in [0.29, 0.717) is 6.42 Å². The van der Waals surface area contributed by atoms with Gasteiger partial charge in [-0.3, -0.25) is 19.2 Å². The minimum atomic E-state index is -1.58. The molecular formula is C21H38N4O8. The smallest absolute Gasteiger partial charge is 0.328 e. The van der Waals surface area contributed by atoms with E-state index in [1.807, 2.05) is 6.92 Å². The maximum Gasteiger partial charge on any atom is 0.328 e. The summed E-state index contributed by atoms with van der Waals surface area (Å²) in [6.07, 6.45) is -1.28. The van der Waals surface area contributed by atoms with Gasteiger partial charge in [-0.15, -0.1) is 0 Å². The highest BCUT2D eigenvalue weighted by Gasteiger charge is 2.32. The summed E-state index contributed by atoms with van der Waals surface area (Å²) in [6.45, 7) is 8.38. The molecule has 33 heavy (non-hydrogen) atoms. The molecule has 0 radical (unpaired) electrons. The molecule has 0 saturated heterocycles. The van der Waals surface area contributed by atoms with Crippen molar-refractivity contribution in [3.63, 3.8) is 0 Å². The average molecular weight is 475 g/mol. The molecule has 0 rings (SSSR count). The molecule has 190 valence electrons. The quantitative estimate of drug-likeness (QED) is 0.158. The number of carbonyl (C=O) groups is 5. The molecule has 0 aliphatic heterocycles. The Bertz CT molecular complexity index is 698. The van der Waals surface area contributed by atoms with Gasteiger partial charge in [0.1, 0.15) is 12.1 Å². The molecule has 0 spiro atoms. The van der Waals surface area contributed by atoms with Crippen molar-refractivity contribution >= 4 is 29.7 Å². The third-order valence-corrected chi connectivity index (χ3v) is 5.23. The molecule has 0 bridgehead atoms. The molecule has 12 heteroatoms. The SMILES string of the molecule is CCC(C)C(N)C(=O)NC(CCC(=O)O)C(=O)NC(CC(C)C)C(=O)NC(C(=O)O)C(C)O. The zero-order valence-corrected chi connectivity index (χ0v) is 19.8. The molecule has 3 amide bonds. The first-order valence-corrected chi connectivity index (χ1v) is 11.0. The number of hydrogen-bond acceptors (Lipinski definition) is 7. The second-order valence-electron chi connectivity index (χ2n) is 8.66. The highest BCUT2D eigenvalue weighted by molar-refractivity contribution is 5.94. The first kappa shape index (κ1) is 30.3. The highest BCUT2D eigenvalue weighted by Crippen LogP contribution is 2.10. The molecule has 6 unspecified atom stereocenters. The maximum absolute atomic E-state index is 12.9. The van der Waals surface area contributed by atoms with E-state index in [1.54, 1.807) is 20.8 Å². The molecule has 12 nitrogen and oxygen atoms in total. The van der Waals surface area contributed by atoms with Crippen molar-refractivity contribution in [2.24, 2.45) is 17.6 Å². The van der Waals surface area contributed by atoms with Crippen molar-refractivity contribution in [1.82, 2.24) is 16.0 Å². The molecule has 0 aromatic carbocycles. The standard InChI is InChI=1S/C21H38N4O8/c1-6-11(4)16(22)20(31)23-13(7-8-15(27)28)18(29)24-14(9-10(2)3)19(30)25-17(12(5)26)21(32)33/h10-14,16-17,26H,6-9,22H2,1-5H3,(H,23,31)(H,24,29)(H,25,30)(H,27,28)(H,32,33). The van der Waals surface area contributed by atoms with E-state index in [9.17, 15) is 34.2 Å². The third kappa shape index (κ3) is 11.1. The van der Waals surface area contributed by atoms with Crippen molar-refractivity contribution in [3.8, 4) is 0 Å². The van der Waals surface area contributed by atoms with Gasteiger partial charge in [0.25, 0.3) is 0 Å². The fraction of sp³-hybridized carbons (Fsp3) is 0.762. The first-order valence-electron chi connectivity index (χ1n) is 11.0. The average Bonchev–Trinajstić information content (AvgIpc) is 2.71. The monoisotopic (exact) mass is 474 g/mol. The van der Waals surface area contributed by atoms with E-state index in [4.69, 9.17) is 10.8 Å². The number of carboxylic acids is 2. The molecular weight excluding hydrogens is 436 g/mol. The van der Waals surface area contributed by atoms with E-state index in [-0.39, 0.29) is 24.7 Å². The first-order chi connectivity index (χ1) is 15.2. The summed E-state index contributed by atoms with van der Waals surface area (Å²) >= 11 is 0. The molecule has 0 saturated carbocycles. The number of aliphatic hydroxyl groups excluding tert-OH is 1. The van der Waals surface area contributed by atoms with Gasteiger partial charge in [-0.2, -0.15) is 0 Å². The van der Waals surface area contributed by atoms with Crippen LogP contribution in [0.25, 0.3) is 0 Å². The number of aliphatic hydroxyl groups is 1. The number of nitrogens with one attached hydrogen (secondary N) is 3. The molecule has 8 N–H and O–H groups in total. The van der Waals surface area contributed by atoms with Crippen LogP contribution in [0.3, 0.4) is 0 Å². The van der Waals surface area contributed by atoms with Crippen LogP contribution in [0.2, 0.25) is 0 Å². The van der Waals surface area contributed by atoms with E-state index in [0.717, 1.165) is 0 Å². The Morgan fingerprint density at radius 1 is 0.848 bits per heavy atom. The molecule has 0 aromatic rings. The van der Waals surface area contributed by atoms with Crippen LogP contribution in [-0.2, 0) is 24.0 Å². The topological polar surface area (TPSA) is 208 Å². The fourth-order valence-electron chi connectivity index (χ4n) is 2.93. The lowest BCUT2D eigenvalue weighted by molar-refractivity contribution is -0.145. The maximum atomic E-state index is 12.9. The van der Waals surface area contributed by atoms with Crippen molar-refractivity contribution in [2.75, 3.05) is 0 Å². The number of aliphatic carboxylic acids is 2. The molecule has 0 fully saturated rings. The second kappa shape index (κ2) is 14.4. The molecule has 0 aromatic heterocycles. The van der Waals surface area contributed by atoms with Crippen molar-refractivity contribution in [2.45, 2.75) is 90.6 Å². The van der Waals surface area contributed by atoms with Gasteiger partial charge >= 0.3 is 11.9 Å². The molecule has 0 heterocycles. The van der Waals surface area contributed by atoms with Crippen LogP contribution < -0.4 is 21.7 Å². The van der Waals surface area contributed by atoms with Crippen molar-refractivity contribution in [3.05, 3.63) is 0 Å². The third-order valence-electron chi connectivity index (χ3n) is 5.23. The normalized spacial score (nSPS) is 16.6. The van der Waals surface area contributed by atoms with Gasteiger partial charge in [-0.05, 0) is 31.6 Å². The zero-order chi connectivity index (χ0) is 25.9. The Morgan fingerprint density at radius 2 is 1.36 bits per heavy atom. The number of carbonyl (C=O) groups excluding carboxylic acids is 3. The summed E-state index contributed by atoms with van der Waals surface area (Å²) in [5.74, 6) is -5.14. The summed E-state index contributed by atoms with van der Waals surface area (Å²) < 4.78 is 0. The van der Waals surface area contributed by atoms with Crippen LogP contribution in [0.15, 0.2) is 0 Å². The van der Waals surface area contributed by atoms with Gasteiger partial charge in [0.2, 0.25) is 17.7 Å². The lowest BCUT2D eigenvalue weighted by Gasteiger charge is -2.27. The summed E-state index contributed by atoms with van der Waals surface area (Å²) in [5.41, 5.74) is 5.90. The second-order valence-corrected chi connectivity index (χ2v) is 8.66. The Balaban J connectivity index is 5.60. The van der Waals surface area contributed by atoms with Crippen LogP contribution in [0.1, 0.15) is 60.3 Å². The number of hydrogen-bond donors (Lipinski definition) is 7. The Labute approximate surface area is 193 Å². The van der Waals surface area contributed by atoms with Gasteiger partial charge in [0.05, 0.1) is 12.1 Å². The van der Waals surface area contributed by atoms with Crippen LogP contribution >= 0.6 is 0 Å². The van der Waals surface area contributed by atoms with Gasteiger partial charge in [-0.25, -0.2) is 4.79 Å². The Hall–Kier alpha value is -2.73. The molecule has 0 aliphatic rings. The van der Waals surface area contributed by atoms with Crippen molar-refractivity contribution < 1.29 is 39.3 Å². The minimum absolute atomic E-state index is 0.0817. The van der Waals surface area contributed by atoms with E-state index >= 15 is 0 Å². The number of nitrogens with two attached hydrogens (primary N) is 1. The summed E-state index contributed by atoms with van der Waals surface area (Å²) in [4.78, 5) is 60.3. The zero-order valence-electron chi connectivity index (χ0n) is 19.8. The Morgan fingerprint density at radius 3 is 1.79 bits per heavy atom. The summed E-state index contributed by atoms with van der Waals surface area (Å²) in [7, 11) is 0. The van der Waals surface area contributed by atoms with Crippen LogP contribution in [0.5, 0.6) is 0 Å².